The molecule has 0 spiro atoms. The molecule has 0 N–H and O–H groups in total. The molecule has 0 aromatic heterocycles. The molecule has 0 heterocycles. The van der Waals surface area contributed by atoms with Crippen LogP contribution >= 0.6 is 0 Å². The van der Waals surface area contributed by atoms with Crippen molar-refractivity contribution in [1.29, 1.82) is 0 Å². The summed E-state index contributed by atoms with van der Waals surface area (Å²) in [6.07, 6.45) is 1.46. The molecule has 0 aliphatic heterocycles. The van der Waals surface area contributed by atoms with Gasteiger partial charge in [0.25, 0.3) is 0 Å². The van der Waals surface area contributed by atoms with Crippen molar-refractivity contribution in [1.82, 2.24) is 0 Å². The van der Waals surface area contributed by atoms with Gasteiger partial charge in [-0.05, 0) is 29.8 Å². The summed E-state index contributed by atoms with van der Waals surface area (Å²) in [5.41, 5.74) is 0.671. The summed E-state index contributed by atoms with van der Waals surface area (Å²) in [7, 11) is 0. The minimum absolute atomic E-state index is 0.474. The average molecular weight is 244 g/mol. The third kappa shape index (κ3) is 2.76. The Hall–Kier alpha value is -2.56. The number of hydrogen-bond acceptors (Lipinski definition) is 3. The van der Waals surface area contributed by atoms with Gasteiger partial charge in [0.05, 0.1) is 10.6 Å². The fourth-order valence-corrected chi connectivity index (χ4v) is 1.41. The summed E-state index contributed by atoms with van der Waals surface area (Å²) in [5.74, 6) is -0.864. The maximum absolute atomic E-state index is 13.3. The maximum atomic E-state index is 13.3. The molecule has 18 heavy (non-hydrogen) atoms. The van der Waals surface area contributed by atoms with Gasteiger partial charge in [-0.3, -0.25) is 15.1 Å². The first-order valence-electron chi connectivity index (χ1n) is 5.20. The van der Waals surface area contributed by atoms with E-state index in [2.05, 4.69) is 4.99 Å². The van der Waals surface area contributed by atoms with E-state index in [-0.39, 0.29) is 0 Å². The average Bonchev–Trinajstić information content (AvgIpc) is 2.37. The molecule has 0 unspecified atom stereocenters. The van der Waals surface area contributed by atoms with Crippen LogP contribution in [0.15, 0.2) is 53.5 Å². The number of rotatable bonds is 3. The molecule has 0 aliphatic rings. The molecular weight excluding hydrogens is 235 g/mol. The predicted molar refractivity (Wildman–Crippen MR) is 66.8 cm³/mol. The number of nitro benzene ring substituents is 1. The molecule has 2 rings (SSSR count). The Morgan fingerprint density at radius 3 is 2.50 bits per heavy atom. The van der Waals surface area contributed by atoms with Crippen LogP contribution < -0.4 is 0 Å². The SMILES string of the molecule is O=[N+]([O-])c1ccc(C=Nc2ccccc2)cc1F. The van der Waals surface area contributed by atoms with Gasteiger partial charge in [0, 0.05) is 12.3 Å². The molecule has 2 aromatic rings. The number of hydrogen-bond donors (Lipinski definition) is 0. The number of benzene rings is 2. The van der Waals surface area contributed by atoms with Gasteiger partial charge < -0.3 is 0 Å². The predicted octanol–water partition coefficient (Wildman–Crippen LogP) is 3.48. The van der Waals surface area contributed by atoms with E-state index in [4.69, 9.17) is 0 Å². The Kier molecular flexibility index (Phi) is 3.43. The zero-order valence-electron chi connectivity index (χ0n) is 9.29. The van der Waals surface area contributed by atoms with Crippen LogP contribution in [0.5, 0.6) is 0 Å². The van der Waals surface area contributed by atoms with Crippen LogP contribution in [0.3, 0.4) is 0 Å². The lowest BCUT2D eigenvalue weighted by Crippen LogP contribution is -1.93. The summed E-state index contributed by atoms with van der Waals surface area (Å²) in [5, 5.41) is 10.4. The highest BCUT2D eigenvalue weighted by Gasteiger charge is 2.12. The van der Waals surface area contributed by atoms with Crippen LogP contribution in [0.1, 0.15) is 5.56 Å². The zero-order valence-corrected chi connectivity index (χ0v) is 9.29. The van der Waals surface area contributed by atoms with E-state index in [0.29, 0.717) is 5.56 Å². The molecule has 0 amide bonds. The molecular formula is C13H9FN2O2. The van der Waals surface area contributed by atoms with Crippen molar-refractivity contribution in [3.8, 4) is 0 Å². The van der Waals surface area contributed by atoms with Crippen molar-refractivity contribution in [3.05, 3.63) is 70.0 Å². The quantitative estimate of drug-likeness (QED) is 0.471. The smallest absolute Gasteiger partial charge is 0.258 e. The highest BCUT2D eigenvalue weighted by molar-refractivity contribution is 5.82. The summed E-state index contributed by atoms with van der Waals surface area (Å²) in [4.78, 5) is 13.8. The minimum atomic E-state index is -0.864. The van der Waals surface area contributed by atoms with Gasteiger partial charge in [-0.25, -0.2) is 0 Å². The molecule has 0 fully saturated rings. The lowest BCUT2D eigenvalue weighted by Gasteiger charge is -1.96. The van der Waals surface area contributed by atoms with Crippen molar-refractivity contribution >= 4 is 17.6 Å². The van der Waals surface area contributed by atoms with Gasteiger partial charge >= 0.3 is 5.69 Å². The molecule has 0 radical (unpaired) electrons. The first-order chi connectivity index (χ1) is 8.66. The lowest BCUT2D eigenvalue weighted by atomic mass is 10.2. The highest BCUT2D eigenvalue weighted by atomic mass is 19.1. The number of nitro groups is 1. The van der Waals surface area contributed by atoms with E-state index in [0.717, 1.165) is 17.8 Å². The maximum Gasteiger partial charge on any atom is 0.304 e. The first kappa shape index (κ1) is 11.9. The van der Waals surface area contributed by atoms with Crippen molar-refractivity contribution in [2.24, 2.45) is 4.99 Å². The topological polar surface area (TPSA) is 55.5 Å². The third-order valence-corrected chi connectivity index (χ3v) is 2.29. The van der Waals surface area contributed by atoms with Gasteiger partial charge in [0.2, 0.25) is 5.82 Å². The van der Waals surface area contributed by atoms with Gasteiger partial charge in [0.1, 0.15) is 0 Å². The first-order valence-corrected chi connectivity index (χ1v) is 5.20. The third-order valence-electron chi connectivity index (χ3n) is 2.29. The molecule has 2 aromatic carbocycles. The molecule has 0 saturated heterocycles. The molecule has 0 saturated carbocycles. The van der Waals surface area contributed by atoms with E-state index in [1.165, 1.54) is 12.3 Å². The van der Waals surface area contributed by atoms with Gasteiger partial charge in [0.15, 0.2) is 0 Å². The van der Waals surface area contributed by atoms with Crippen LogP contribution in [0, 0.1) is 15.9 Å². The minimum Gasteiger partial charge on any atom is -0.258 e. The van der Waals surface area contributed by atoms with E-state index >= 15 is 0 Å². The molecule has 0 atom stereocenters. The van der Waals surface area contributed by atoms with E-state index < -0.39 is 16.4 Å². The Balaban J connectivity index is 2.23. The van der Waals surface area contributed by atoms with Crippen LogP contribution in [0.4, 0.5) is 15.8 Å². The van der Waals surface area contributed by atoms with Crippen LogP contribution in [-0.4, -0.2) is 11.1 Å². The van der Waals surface area contributed by atoms with Crippen LogP contribution in [-0.2, 0) is 0 Å². The Morgan fingerprint density at radius 1 is 1.17 bits per heavy atom. The van der Waals surface area contributed by atoms with Gasteiger partial charge in [-0.1, -0.05) is 18.2 Å². The van der Waals surface area contributed by atoms with Crippen molar-refractivity contribution in [2.45, 2.75) is 0 Å². The van der Waals surface area contributed by atoms with Crippen LogP contribution in [0.25, 0.3) is 0 Å². The second-order valence-electron chi connectivity index (χ2n) is 3.56. The Morgan fingerprint density at radius 2 is 1.89 bits per heavy atom. The molecule has 0 bridgehead atoms. The normalized spacial score (nSPS) is 10.7. The van der Waals surface area contributed by atoms with Gasteiger partial charge in [-0.15, -0.1) is 0 Å². The molecule has 0 aliphatic carbocycles. The van der Waals surface area contributed by atoms with Crippen LogP contribution in [0.2, 0.25) is 0 Å². The molecule has 4 nitrogen and oxygen atoms in total. The molecule has 90 valence electrons. The number of nitrogens with zero attached hydrogens (tertiary/aromatic N) is 2. The van der Waals surface area contributed by atoms with Gasteiger partial charge in [-0.2, -0.15) is 4.39 Å². The summed E-state index contributed by atoms with van der Waals surface area (Å²) in [6.45, 7) is 0. The largest absolute Gasteiger partial charge is 0.304 e. The second-order valence-corrected chi connectivity index (χ2v) is 3.56. The fraction of sp³-hybridized carbons (Fsp3) is 0. The Bertz CT molecular complexity index is 597. The lowest BCUT2D eigenvalue weighted by molar-refractivity contribution is -0.387. The highest BCUT2D eigenvalue weighted by Crippen LogP contribution is 2.17. The Labute approximate surface area is 103 Å². The van der Waals surface area contributed by atoms with Crippen molar-refractivity contribution in [3.63, 3.8) is 0 Å². The standard InChI is InChI=1S/C13H9FN2O2/c14-12-8-10(6-7-13(12)16(17)18)9-15-11-4-2-1-3-5-11/h1-9H. The van der Waals surface area contributed by atoms with Crippen molar-refractivity contribution < 1.29 is 9.31 Å². The molecule has 5 heteroatoms. The zero-order chi connectivity index (χ0) is 13.0. The van der Waals surface area contributed by atoms with E-state index in [1.54, 1.807) is 12.1 Å². The monoisotopic (exact) mass is 244 g/mol. The number of aliphatic imine (C=N–C) groups is 1. The number of halogens is 1. The summed E-state index contributed by atoms with van der Waals surface area (Å²) >= 11 is 0. The summed E-state index contributed by atoms with van der Waals surface area (Å²) < 4.78 is 13.3. The van der Waals surface area contributed by atoms with E-state index in [9.17, 15) is 14.5 Å². The fourth-order valence-electron chi connectivity index (χ4n) is 1.41. The summed E-state index contributed by atoms with van der Waals surface area (Å²) in [6, 6.07) is 12.8. The van der Waals surface area contributed by atoms with Crippen molar-refractivity contribution in [2.75, 3.05) is 0 Å². The number of para-hydroxylation sites is 1. The second kappa shape index (κ2) is 5.18. The van der Waals surface area contributed by atoms with E-state index in [1.807, 2.05) is 18.2 Å².